The van der Waals surface area contributed by atoms with Crippen molar-refractivity contribution in [3.05, 3.63) is 18.2 Å². The normalized spacial score (nSPS) is 21.6. The summed E-state index contributed by atoms with van der Waals surface area (Å²) in [4.78, 5) is 18.4. The molecule has 0 aromatic carbocycles. The minimum Gasteiger partial charge on any atom is -0.341 e. The average Bonchev–Trinajstić information content (AvgIpc) is 3.04. The third kappa shape index (κ3) is 5.04. The van der Waals surface area contributed by atoms with Crippen molar-refractivity contribution in [1.29, 1.82) is 0 Å². The fraction of sp³-hybridized carbons (Fsp3) is 0.750. The van der Waals surface area contributed by atoms with Crippen LogP contribution in [0.1, 0.15) is 32.5 Å². The van der Waals surface area contributed by atoms with Crippen LogP contribution in [0.15, 0.2) is 12.4 Å². The van der Waals surface area contributed by atoms with Crippen molar-refractivity contribution in [3.8, 4) is 0 Å². The Balaban J connectivity index is 1.89. The minimum atomic E-state index is -3.27. The second-order valence-electron chi connectivity index (χ2n) is 6.97. The van der Waals surface area contributed by atoms with Gasteiger partial charge in [0.2, 0.25) is 15.9 Å². The number of hydrogen-bond acceptors (Lipinski definition) is 4. The summed E-state index contributed by atoms with van der Waals surface area (Å²) in [6.07, 6.45) is 6.06. The van der Waals surface area contributed by atoms with Crippen LogP contribution in [-0.4, -0.2) is 54.2 Å². The van der Waals surface area contributed by atoms with Gasteiger partial charge in [-0.1, -0.05) is 13.8 Å². The molecule has 0 bridgehead atoms. The first-order valence-electron chi connectivity index (χ1n) is 8.40. The zero-order chi connectivity index (χ0) is 17.9. The Morgan fingerprint density at radius 2 is 2.12 bits per heavy atom. The highest BCUT2D eigenvalue weighted by Crippen LogP contribution is 2.25. The molecule has 2 rings (SSSR count). The fourth-order valence-corrected chi connectivity index (χ4v) is 4.11. The molecule has 2 atom stereocenters. The summed E-state index contributed by atoms with van der Waals surface area (Å²) in [6, 6.07) is -0.195. The maximum Gasteiger partial charge on any atom is 0.222 e. The lowest BCUT2D eigenvalue weighted by molar-refractivity contribution is -0.130. The largest absolute Gasteiger partial charge is 0.341 e. The van der Waals surface area contributed by atoms with E-state index in [-0.39, 0.29) is 17.9 Å². The number of aromatic nitrogens is 2. The van der Waals surface area contributed by atoms with E-state index in [9.17, 15) is 13.2 Å². The summed E-state index contributed by atoms with van der Waals surface area (Å²) in [5, 5.41) is 0. The van der Waals surface area contributed by atoms with Gasteiger partial charge in [-0.25, -0.2) is 18.1 Å². The first-order valence-corrected chi connectivity index (χ1v) is 10.3. The molecule has 0 spiro atoms. The van der Waals surface area contributed by atoms with E-state index < -0.39 is 10.0 Å². The molecule has 1 aliphatic heterocycles. The Morgan fingerprint density at radius 3 is 2.67 bits per heavy atom. The highest BCUT2D eigenvalue weighted by Gasteiger charge is 2.37. The van der Waals surface area contributed by atoms with Crippen LogP contribution in [0, 0.1) is 18.8 Å². The maximum atomic E-state index is 12.5. The number of aryl methyl sites for hydroxylation is 2. The lowest BCUT2D eigenvalue weighted by atomic mass is 9.92. The number of imidazole rings is 1. The van der Waals surface area contributed by atoms with Gasteiger partial charge in [-0.15, -0.1) is 0 Å². The molecular weight excluding hydrogens is 328 g/mol. The van der Waals surface area contributed by atoms with E-state index >= 15 is 0 Å². The standard InChI is InChI=1S/C16H28N4O3S/c1-12(2)14-10-20(11-15(14)18-24(4,22)23)16(21)6-5-8-19-9-7-17-13(19)3/h7,9,12,14-15,18H,5-6,8,10-11H2,1-4H3/t14-,15+/m1/s1. The predicted molar refractivity (Wildman–Crippen MR) is 92.9 cm³/mol. The monoisotopic (exact) mass is 356 g/mol. The minimum absolute atomic E-state index is 0.0937. The third-order valence-electron chi connectivity index (χ3n) is 4.65. The van der Waals surface area contributed by atoms with Gasteiger partial charge in [-0.05, 0) is 25.2 Å². The van der Waals surface area contributed by atoms with Crippen molar-refractivity contribution in [2.45, 2.75) is 46.2 Å². The van der Waals surface area contributed by atoms with E-state index in [2.05, 4.69) is 23.6 Å². The maximum absolute atomic E-state index is 12.5. The lowest BCUT2D eigenvalue weighted by Crippen LogP contribution is -2.41. The number of carbonyl (C=O) groups is 1. The molecule has 0 aliphatic carbocycles. The van der Waals surface area contributed by atoms with Gasteiger partial charge in [0.15, 0.2) is 0 Å². The lowest BCUT2D eigenvalue weighted by Gasteiger charge is -2.21. The molecule has 0 unspecified atom stereocenters. The van der Waals surface area contributed by atoms with Gasteiger partial charge in [0.1, 0.15) is 5.82 Å². The molecule has 24 heavy (non-hydrogen) atoms. The molecule has 2 heterocycles. The van der Waals surface area contributed by atoms with Crippen molar-refractivity contribution < 1.29 is 13.2 Å². The zero-order valence-corrected chi connectivity index (χ0v) is 15.7. The van der Waals surface area contributed by atoms with Crippen LogP contribution in [0.25, 0.3) is 0 Å². The highest BCUT2D eigenvalue weighted by molar-refractivity contribution is 7.88. The number of amides is 1. The van der Waals surface area contributed by atoms with E-state index in [4.69, 9.17) is 0 Å². The second-order valence-corrected chi connectivity index (χ2v) is 8.75. The van der Waals surface area contributed by atoms with Crippen molar-refractivity contribution in [2.75, 3.05) is 19.3 Å². The molecule has 0 saturated carbocycles. The Morgan fingerprint density at radius 1 is 1.42 bits per heavy atom. The highest BCUT2D eigenvalue weighted by atomic mass is 32.2. The van der Waals surface area contributed by atoms with Crippen molar-refractivity contribution in [1.82, 2.24) is 19.2 Å². The fourth-order valence-electron chi connectivity index (χ4n) is 3.31. The molecule has 1 saturated heterocycles. The van der Waals surface area contributed by atoms with Crippen LogP contribution >= 0.6 is 0 Å². The number of nitrogens with one attached hydrogen (secondary N) is 1. The molecule has 1 amide bonds. The SMILES string of the molecule is Cc1nccn1CCCC(=O)N1C[C@H](NS(C)(=O)=O)[C@@H](C(C)C)C1. The average molecular weight is 356 g/mol. The van der Waals surface area contributed by atoms with Gasteiger partial charge in [-0.3, -0.25) is 4.79 Å². The van der Waals surface area contributed by atoms with Crippen LogP contribution in [-0.2, 0) is 21.4 Å². The van der Waals surface area contributed by atoms with E-state index in [1.54, 1.807) is 11.1 Å². The number of nitrogens with zero attached hydrogens (tertiary/aromatic N) is 3. The van der Waals surface area contributed by atoms with Gasteiger partial charge in [0, 0.05) is 44.5 Å². The topological polar surface area (TPSA) is 84.3 Å². The number of rotatable bonds is 7. The Labute approximate surface area is 144 Å². The van der Waals surface area contributed by atoms with E-state index in [0.717, 1.165) is 18.8 Å². The molecule has 8 heteroatoms. The molecular formula is C16H28N4O3S. The van der Waals surface area contributed by atoms with Crippen molar-refractivity contribution in [2.24, 2.45) is 11.8 Å². The smallest absolute Gasteiger partial charge is 0.222 e. The molecule has 1 fully saturated rings. The predicted octanol–water partition coefficient (Wildman–Crippen LogP) is 1.00. The van der Waals surface area contributed by atoms with Crippen LogP contribution in [0.4, 0.5) is 0 Å². The van der Waals surface area contributed by atoms with Crippen LogP contribution in [0.2, 0.25) is 0 Å². The van der Waals surface area contributed by atoms with Gasteiger partial charge < -0.3 is 9.47 Å². The summed E-state index contributed by atoms with van der Waals surface area (Å²) in [6.45, 7) is 7.92. The quantitative estimate of drug-likeness (QED) is 0.790. The number of carbonyl (C=O) groups excluding carboxylic acids is 1. The summed E-state index contributed by atoms with van der Waals surface area (Å²) < 4.78 is 27.8. The van der Waals surface area contributed by atoms with Crippen molar-refractivity contribution in [3.63, 3.8) is 0 Å². The van der Waals surface area contributed by atoms with Crippen LogP contribution in [0.3, 0.4) is 0 Å². The summed E-state index contributed by atoms with van der Waals surface area (Å²) in [5.74, 6) is 1.51. The van der Waals surface area contributed by atoms with Crippen LogP contribution in [0.5, 0.6) is 0 Å². The van der Waals surface area contributed by atoms with Gasteiger partial charge in [0.05, 0.1) is 6.26 Å². The second kappa shape index (κ2) is 7.65. The number of sulfonamides is 1. The first kappa shape index (κ1) is 18.9. The van der Waals surface area contributed by atoms with Crippen molar-refractivity contribution >= 4 is 15.9 Å². The summed E-state index contributed by atoms with van der Waals surface area (Å²) in [5.41, 5.74) is 0. The molecule has 1 aliphatic rings. The molecule has 1 aromatic heterocycles. The number of likely N-dealkylation sites (tertiary alicyclic amines) is 1. The number of hydrogen-bond donors (Lipinski definition) is 1. The van der Waals surface area contributed by atoms with E-state index in [1.165, 1.54) is 6.26 Å². The zero-order valence-electron chi connectivity index (χ0n) is 14.9. The Hall–Kier alpha value is -1.41. The Bertz CT molecular complexity index is 669. The molecule has 136 valence electrons. The van der Waals surface area contributed by atoms with Gasteiger partial charge >= 0.3 is 0 Å². The summed E-state index contributed by atoms with van der Waals surface area (Å²) in [7, 11) is -3.27. The molecule has 1 aromatic rings. The van der Waals surface area contributed by atoms with Gasteiger partial charge in [-0.2, -0.15) is 0 Å². The molecule has 7 nitrogen and oxygen atoms in total. The summed E-state index contributed by atoms with van der Waals surface area (Å²) >= 11 is 0. The van der Waals surface area contributed by atoms with E-state index in [1.807, 2.05) is 17.7 Å². The first-order chi connectivity index (χ1) is 11.2. The molecule has 1 N–H and O–H groups in total. The van der Waals surface area contributed by atoms with Crippen LogP contribution < -0.4 is 4.72 Å². The third-order valence-corrected chi connectivity index (χ3v) is 5.38. The molecule has 0 radical (unpaired) electrons. The van der Waals surface area contributed by atoms with E-state index in [0.29, 0.717) is 25.4 Å². The Kier molecular flexibility index (Phi) is 6.03. The van der Waals surface area contributed by atoms with Gasteiger partial charge in [0.25, 0.3) is 0 Å².